The zero-order valence-corrected chi connectivity index (χ0v) is 9.26. The Kier molecular flexibility index (Phi) is 3.01. The lowest BCUT2D eigenvalue weighted by molar-refractivity contribution is -0.112. The molecule has 0 aliphatic carbocycles. The van der Waals surface area contributed by atoms with Crippen molar-refractivity contribution in [2.24, 2.45) is 5.73 Å². The lowest BCUT2D eigenvalue weighted by Gasteiger charge is -2.04. The molecule has 1 aromatic heterocycles. The molecule has 0 saturated carbocycles. The Labute approximate surface area is 99.6 Å². The minimum atomic E-state index is -0.501. The van der Waals surface area contributed by atoms with E-state index in [0.717, 1.165) is 16.7 Å². The molecule has 2 rings (SSSR count). The highest BCUT2D eigenvalue weighted by Crippen LogP contribution is 2.20. The first-order chi connectivity index (χ1) is 8.18. The number of aromatic nitrogens is 1. The highest BCUT2D eigenvalue weighted by atomic mass is 16.1. The van der Waals surface area contributed by atoms with Gasteiger partial charge in [0.1, 0.15) is 0 Å². The molecule has 0 fully saturated rings. The molecule has 2 N–H and O–H groups in total. The van der Waals surface area contributed by atoms with E-state index in [1.165, 1.54) is 0 Å². The van der Waals surface area contributed by atoms with Crippen molar-refractivity contribution in [2.45, 2.75) is 0 Å². The van der Waals surface area contributed by atoms with E-state index in [4.69, 9.17) is 5.73 Å². The SMILES string of the molecule is C=C(C(N)=O)c1ccc(-c2cccnc2)cc1. The molecule has 3 nitrogen and oxygen atoms in total. The maximum atomic E-state index is 11.0. The summed E-state index contributed by atoms with van der Waals surface area (Å²) in [5.74, 6) is -0.501. The second-order valence-corrected chi connectivity index (χ2v) is 3.66. The Morgan fingerprint density at radius 2 is 1.82 bits per heavy atom. The van der Waals surface area contributed by atoms with Crippen molar-refractivity contribution in [3.63, 3.8) is 0 Å². The minimum absolute atomic E-state index is 0.322. The quantitative estimate of drug-likeness (QED) is 0.813. The van der Waals surface area contributed by atoms with Crippen LogP contribution in [-0.4, -0.2) is 10.9 Å². The summed E-state index contributed by atoms with van der Waals surface area (Å²) in [6.45, 7) is 3.64. The van der Waals surface area contributed by atoms with Gasteiger partial charge in [-0.05, 0) is 22.8 Å². The summed E-state index contributed by atoms with van der Waals surface area (Å²) < 4.78 is 0. The van der Waals surface area contributed by atoms with Crippen LogP contribution >= 0.6 is 0 Å². The van der Waals surface area contributed by atoms with Gasteiger partial charge in [-0.25, -0.2) is 0 Å². The van der Waals surface area contributed by atoms with Gasteiger partial charge in [0.2, 0.25) is 5.91 Å². The molecule has 0 spiro atoms. The molecule has 3 heteroatoms. The molecular formula is C14H12N2O. The van der Waals surface area contributed by atoms with Gasteiger partial charge in [0.25, 0.3) is 0 Å². The molecule has 1 amide bonds. The zero-order valence-electron chi connectivity index (χ0n) is 9.26. The van der Waals surface area contributed by atoms with Crippen LogP contribution in [0.15, 0.2) is 55.4 Å². The Balaban J connectivity index is 2.31. The van der Waals surface area contributed by atoms with Crippen molar-refractivity contribution in [2.75, 3.05) is 0 Å². The first-order valence-electron chi connectivity index (χ1n) is 5.18. The average molecular weight is 224 g/mol. The highest BCUT2D eigenvalue weighted by molar-refractivity contribution is 6.17. The lowest BCUT2D eigenvalue weighted by atomic mass is 10.0. The number of rotatable bonds is 3. The Morgan fingerprint density at radius 1 is 1.12 bits per heavy atom. The van der Waals surface area contributed by atoms with Crippen LogP contribution in [0.1, 0.15) is 5.56 Å². The zero-order chi connectivity index (χ0) is 12.3. The summed E-state index contributed by atoms with van der Waals surface area (Å²) in [7, 11) is 0. The molecule has 0 bridgehead atoms. The predicted octanol–water partition coefficient (Wildman–Crippen LogP) is 2.25. The van der Waals surface area contributed by atoms with E-state index in [-0.39, 0.29) is 0 Å². The largest absolute Gasteiger partial charge is 0.366 e. The maximum Gasteiger partial charge on any atom is 0.248 e. The van der Waals surface area contributed by atoms with Crippen LogP contribution in [0.3, 0.4) is 0 Å². The monoisotopic (exact) mass is 224 g/mol. The fourth-order valence-electron chi connectivity index (χ4n) is 1.54. The van der Waals surface area contributed by atoms with Crippen LogP contribution in [0.5, 0.6) is 0 Å². The van der Waals surface area contributed by atoms with E-state index in [1.807, 2.05) is 36.4 Å². The van der Waals surface area contributed by atoms with E-state index in [0.29, 0.717) is 5.57 Å². The smallest absolute Gasteiger partial charge is 0.248 e. The number of carbonyl (C=O) groups is 1. The topological polar surface area (TPSA) is 56.0 Å². The van der Waals surface area contributed by atoms with Crippen molar-refractivity contribution >= 4 is 11.5 Å². The van der Waals surface area contributed by atoms with Crippen LogP contribution in [0.25, 0.3) is 16.7 Å². The highest BCUT2D eigenvalue weighted by Gasteiger charge is 2.05. The number of pyridine rings is 1. The first kappa shape index (κ1) is 11.1. The number of hydrogen-bond donors (Lipinski definition) is 1. The fourth-order valence-corrected chi connectivity index (χ4v) is 1.54. The Hall–Kier alpha value is -2.42. The van der Waals surface area contributed by atoms with Gasteiger partial charge < -0.3 is 5.73 Å². The van der Waals surface area contributed by atoms with Crippen LogP contribution in [0.2, 0.25) is 0 Å². The van der Waals surface area contributed by atoms with E-state index < -0.39 is 5.91 Å². The van der Waals surface area contributed by atoms with Gasteiger partial charge in [0.05, 0.1) is 0 Å². The average Bonchev–Trinajstić information content (AvgIpc) is 2.39. The van der Waals surface area contributed by atoms with Crippen LogP contribution in [0, 0.1) is 0 Å². The van der Waals surface area contributed by atoms with Crippen LogP contribution in [-0.2, 0) is 4.79 Å². The molecule has 0 atom stereocenters. The van der Waals surface area contributed by atoms with Gasteiger partial charge in [0.15, 0.2) is 0 Å². The number of carbonyl (C=O) groups excluding carboxylic acids is 1. The first-order valence-corrected chi connectivity index (χ1v) is 5.18. The molecule has 0 aliphatic rings. The second-order valence-electron chi connectivity index (χ2n) is 3.66. The number of amides is 1. The fraction of sp³-hybridized carbons (Fsp3) is 0. The van der Waals surface area contributed by atoms with Crippen molar-refractivity contribution < 1.29 is 4.79 Å². The summed E-state index contributed by atoms with van der Waals surface area (Å²) in [5, 5.41) is 0. The van der Waals surface area contributed by atoms with Gasteiger partial charge in [0, 0.05) is 18.0 Å². The van der Waals surface area contributed by atoms with Crippen molar-refractivity contribution in [1.82, 2.24) is 4.98 Å². The predicted molar refractivity (Wildman–Crippen MR) is 67.9 cm³/mol. The van der Waals surface area contributed by atoms with E-state index >= 15 is 0 Å². The Morgan fingerprint density at radius 3 is 2.35 bits per heavy atom. The third-order valence-corrected chi connectivity index (χ3v) is 2.53. The second kappa shape index (κ2) is 4.61. The summed E-state index contributed by atoms with van der Waals surface area (Å²) >= 11 is 0. The van der Waals surface area contributed by atoms with E-state index in [2.05, 4.69) is 11.6 Å². The molecule has 0 saturated heterocycles. The van der Waals surface area contributed by atoms with Gasteiger partial charge in [-0.1, -0.05) is 36.9 Å². The molecule has 84 valence electrons. The van der Waals surface area contributed by atoms with Crippen LogP contribution < -0.4 is 5.73 Å². The van der Waals surface area contributed by atoms with E-state index in [1.54, 1.807) is 12.4 Å². The number of benzene rings is 1. The maximum absolute atomic E-state index is 11.0. The van der Waals surface area contributed by atoms with Crippen molar-refractivity contribution in [3.05, 3.63) is 60.9 Å². The van der Waals surface area contributed by atoms with Gasteiger partial charge in [-0.2, -0.15) is 0 Å². The number of hydrogen-bond acceptors (Lipinski definition) is 2. The third-order valence-electron chi connectivity index (χ3n) is 2.53. The van der Waals surface area contributed by atoms with Crippen LogP contribution in [0.4, 0.5) is 0 Å². The van der Waals surface area contributed by atoms with E-state index in [9.17, 15) is 4.79 Å². The summed E-state index contributed by atoms with van der Waals surface area (Å²) in [6, 6.07) is 11.3. The summed E-state index contributed by atoms with van der Waals surface area (Å²) in [6.07, 6.45) is 3.52. The molecular weight excluding hydrogens is 212 g/mol. The molecule has 17 heavy (non-hydrogen) atoms. The third kappa shape index (κ3) is 2.39. The number of nitrogens with two attached hydrogens (primary N) is 1. The van der Waals surface area contributed by atoms with Gasteiger partial charge >= 0.3 is 0 Å². The molecule has 0 unspecified atom stereocenters. The van der Waals surface area contributed by atoms with Gasteiger partial charge in [-0.15, -0.1) is 0 Å². The van der Waals surface area contributed by atoms with Crippen molar-refractivity contribution in [1.29, 1.82) is 0 Å². The summed E-state index contributed by atoms with van der Waals surface area (Å²) in [5.41, 5.74) is 8.30. The molecule has 0 aliphatic heterocycles. The normalized spacial score (nSPS) is 9.88. The number of nitrogens with zero attached hydrogens (tertiary/aromatic N) is 1. The minimum Gasteiger partial charge on any atom is -0.366 e. The molecule has 0 radical (unpaired) electrons. The molecule has 1 heterocycles. The standard InChI is InChI=1S/C14H12N2O/c1-10(14(15)17)11-4-6-12(7-5-11)13-3-2-8-16-9-13/h2-9H,1H2,(H2,15,17). The Bertz CT molecular complexity index is 544. The molecule has 1 aromatic carbocycles. The summed E-state index contributed by atoms with van der Waals surface area (Å²) in [4.78, 5) is 15.0. The number of primary amides is 1. The molecule has 2 aromatic rings. The van der Waals surface area contributed by atoms with Gasteiger partial charge in [-0.3, -0.25) is 9.78 Å². The lowest BCUT2D eigenvalue weighted by Crippen LogP contribution is -2.11. The van der Waals surface area contributed by atoms with Crippen molar-refractivity contribution in [3.8, 4) is 11.1 Å².